The van der Waals surface area contributed by atoms with Gasteiger partial charge in [0.15, 0.2) is 5.78 Å². The number of ether oxygens (including phenoxy) is 1. The van der Waals surface area contributed by atoms with E-state index in [0.29, 0.717) is 23.5 Å². The molecule has 4 heteroatoms. The number of rotatable bonds is 4. The number of halogens is 1. The lowest BCUT2D eigenvalue weighted by molar-refractivity contribution is -0.116. The topological polar surface area (TPSA) is 50.1 Å². The van der Waals surface area contributed by atoms with Gasteiger partial charge in [-0.05, 0) is 25.5 Å². The summed E-state index contributed by atoms with van der Waals surface area (Å²) in [5.41, 5.74) is 0.835. The number of hydrogen-bond donors (Lipinski definition) is 0. The maximum absolute atomic E-state index is 11.2. The van der Waals surface area contributed by atoms with Gasteiger partial charge in [0.25, 0.3) is 0 Å². The van der Waals surface area contributed by atoms with Crippen LogP contribution in [0.25, 0.3) is 0 Å². The van der Waals surface area contributed by atoms with Crippen LogP contribution in [0.1, 0.15) is 30.4 Å². The third kappa shape index (κ3) is 2.53. The summed E-state index contributed by atoms with van der Waals surface area (Å²) in [6.45, 7) is 3.69. The highest BCUT2D eigenvalue weighted by molar-refractivity contribution is 6.31. The van der Waals surface area contributed by atoms with Gasteiger partial charge in [-0.3, -0.25) is 4.79 Å². The van der Waals surface area contributed by atoms with E-state index in [9.17, 15) is 4.79 Å². The number of nitriles is 1. The minimum absolute atomic E-state index is 0.188. The van der Waals surface area contributed by atoms with E-state index in [1.165, 1.54) is 6.92 Å². The lowest BCUT2D eigenvalue weighted by Crippen LogP contribution is -2.05. The Morgan fingerprint density at radius 1 is 1.62 bits per heavy atom. The molecule has 0 fully saturated rings. The summed E-state index contributed by atoms with van der Waals surface area (Å²) in [5.74, 6) is 0.279. The monoisotopic (exact) mass is 237 g/mol. The zero-order chi connectivity index (χ0) is 12.1. The molecule has 84 valence electrons. The smallest absolute Gasteiger partial charge is 0.152 e. The Kier molecular flexibility index (Phi) is 4.33. The lowest BCUT2D eigenvalue weighted by Gasteiger charge is -2.12. The molecule has 0 aliphatic heterocycles. The first-order valence-electron chi connectivity index (χ1n) is 4.92. The highest BCUT2D eigenvalue weighted by Gasteiger charge is 2.19. The standard InChI is InChI=1S/C12H12ClNO2/c1-3-16-11-6-4-5-9(10(11)7-14)12(13)8(2)15/h4-6,12H,3H2,1-2H3. The predicted molar refractivity (Wildman–Crippen MR) is 61.6 cm³/mol. The molecule has 0 N–H and O–H groups in total. The predicted octanol–water partition coefficient (Wildman–Crippen LogP) is 2.83. The van der Waals surface area contributed by atoms with Crippen molar-refractivity contribution in [3.8, 4) is 11.8 Å². The SMILES string of the molecule is CCOc1cccc(C(Cl)C(C)=O)c1C#N. The van der Waals surface area contributed by atoms with Crippen LogP contribution in [0.2, 0.25) is 0 Å². The number of nitrogens with zero attached hydrogens (tertiary/aromatic N) is 1. The van der Waals surface area contributed by atoms with Gasteiger partial charge in [-0.15, -0.1) is 11.6 Å². The molecule has 0 aliphatic rings. The maximum Gasteiger partial charge on any atom is 0.152 e. The average molecular weight is 238 g/mol. The number of Topliss-reactive ketones (excluding diaryl/α,β-unsaturated/α-hetero) is 1. The zero-order valence-electron chi connectivity index (χ0n) is 9.16. The number of hydrogen-bond acceptors (Lipinski definition) is 3. The second kappa shape index (κ2) is 5.53. The van der Waals surface area contributed by atoms with Crippen molar-refractivity contribution in [2.75, 3.05) is 6.61 Å². The number of alkyl halides is 1. The van der Waals surface area contributed by atoms with Crippen LogP contribution in [-0.2, 0) is 4.79 Å². The molecule has 0 amide bonds. The number of benzene rings is 1. The largest absolute Gasteiger partial charge is 0.492 e. The Bertz CT molecular complexity index is 437. The fraction of sp³-hybridized carbons (Fsp3) is 0.333. The first-order valence-corrected chi connectivity index (χ1v) is 5.35. The number of carbonyl (C=O) groups excluding carboxylic acids is 1. The van der Waals surface area contributed by atoms with Gasteiger partial charge in [0.1, 0.15) is 17.2 Å². The normalized spacial score (nSPS) is 11.6. The fourth-order valence-electron chi connectivity index (χ4n) is 1.37. The highest BCUT2D eigenvalue weighted by Crippen LogP contribution is 2.30. The van der Waals surface area contributed by atoms with Crippen LogP contribution < -0.4 is 4.74 Å². The molecule has 1 unspecified atom stereocenters. The third-order valence-corrected chi connectivity index (χ3v) is 2.64. The zero-order valence-corrected chi connectivity index (χ0v) is 9.91. The fourth-order valence-corrected chi connectivity index (χ4v) is 1.56. The summed E-state index contributed by atoms with van der Waals surface area (Å²) in [6, 6.07) is 7.10. The molecule has 0 bridgehead atoms. The lowest BCUT2D eigenvalue weighted by atomic mass is 10.0. The van der Waals surface area contributed by atoms with E-state index >= 15 is 0 Å². The van der Waals surface area contributed by atoms with E-state index in [4.69, 9.17) is 21.6 Å². The Morgan fingerprint density at radius 3 is 2.81 bits per heavy atom. The quantitative estimate of drug-likeness (QED) is 0.757. The summed E-state index contributed by atoms with van der Waals surface area (Å²) in [5, 5.41) is 8.26. The van der Waals surface area contributed by atoms with E-state index in [1.807, 2.05) is 13.0 Å². The van der Waals surface area contributed by atoms with E-state index in [2.05, 4.69) is 0 Å². The molecule has 1 atom stereocenters. The van der Waals surface area contributed by atoms with Crippen molar-refractivity contribution in [3.05, 3.63) is 29.3 Å². The summed E-state index contributed by atoms with van der Waals surface area (Å²) >= 11 is 5.94. The van der Waals surface area contributed by atoms with Crippen LogP contribution in [0, 0.1) is 11.3 Å². The molecule has 0 aliphatic carbocycles. The maximum atomic E-state index is 11.2. The van der Waals surface area contributed by atoms with Crippen molar-refractivity contribution >= 4 is 17.4 Å². The highest BCUT2D eigenvalue weighted by atomic mass is 35.5. The van der Waals surface area contributed by atoms with E-state index in [0.717, 1.165) is 0 Å². The third-order valence-electron chi connectivity index (χ3n) is 2.10. The first kappa shape index (κ1) is 12.5. The van der Waals surface area contributed by atoms with Gasteiger partial charge in [-0.25, -0.2) is 0 Å². The van der Waals surface area contributed by atoms with E-state index < -0.39 is 5.38 Å². The summed E-state index contributed by atoms with van der Waals surface area (Å²) in [4.78, 5) is 11.2. The number of ketones is 1. The molecule has 1 aromatic rings. The molecule has 0 spiro atoms. The molecule has 1 aromatic carbocycles. The van der Waals surface area contributed by atoms with Crippen molar-refractivity contribution in [2.24, 2.45) is 0 Å². The van der Waals surface area contributed by atoms with E-state index in [-0.39, 0.29) is 5.78 Å². The van der Waals surface area contributed by atoms with Gasteiger partial charge in [0.2, 0.25) is 0 Å². The van der Waals surface area contributed by atoms with E-state index in [1.54, 1.807) is 18.2 Å². The molecule has 1 rings (SSSR count). The summed E-state index contributed by atoms with van der Waals surface area (Å²) in [7, 11) is 0. The van der Waals surface area contributed by atoms with Crippen molar-refractivity contribution in [1.29, 1.82) is 5.26 Å². The first-order chi connectivity index (χ1) is 7.61. The Labute approximate surface area is 99.6 Å². The molecule has 0 saturated heterocycles. The Morgan fingerprint density at radius 2 is 2.31 bits per heavy atom. The Hall–Kier alpha value is -1.53. The number of carbonyl (C=O) groups is 1. The van der Waals surface area contributed by atoms with Gasteiger partial charge in [-0.1, -0.05) is 12.1 Å². The average Bonchev–Trinajstić information content (AvgIpc) is 2.28. The van der Waals surface area contributed by atoms with Crippen LogP contribution in [-0.4, -0.2) is 12.4 Å². The van der Waals surface area contributed by atoms with Crippen molar-refractivity contribution in [2.45, 2.75) is 19.2 Å². The van der Waals surface area contributed by atoms with Gasteiger partial charge in [-0.2, -0.15) is 5.26 Å². The van der Waals surface area contributed by atoms with Gasteiger partial charge >= 0.3 is 0 Å². The van der Waals surface area contributed by atoms with Crippen molar-refractivity contribution < 1.29 is 9.53 Å². The van der Waals surface area contributed by atoms with Crippen LogP contribution in [0.15, 0.2) is 18.2 Å². The second-order valence-corrected chi connectivity index (χ2v) is 3.67. The molecule has 0 saturated carbocycles. The summed E-state index contributed by atoms with van der Waals surface area (Å²) in [6.07, 6.45) is 0. The molecule has 0 heterocycles. The van der Waals surface area contributed by atoms with Crippen LogP contribution in [0.5, 0.6) is 5.75 Å². The van der Waals surface area contributed by atoms with Gasteiger partial charge < -0.3 is 4.74 Å². The molecule has 16 heavy (non-hydrogen) atoms. The molecule has 3 nitrogen and oxygen atoms in total. The van der Waals surface area contributed by atoms with Gasteiger partial charge in [0, 0.05) is 0 Å². The van der Waals surface area contributed by atoms with Crippen LogP contribution >= 0.6 is 11.6 Å². The second-order valence-electron chi connectivity index (χ2n) is 3.24. The summed E-state index contributed by atoms with van der Waals surface area (Å²) < 4.78 is 5.31. The van der Waals surface area contributed by atoms with Gasteiger partial charge in [0.05, 0.1) is 12.2 Å². The van der Waals surface area contributed by atoms with Crippen LogP contribution in [0.4, 0.5) is 0 Å². The Balaban J connectivity index is 3.25. The van der Waals surface area contributed by atoms with Crippen LogP contribution in [0.3, 0.4) is 0 Å². The molecule has 0 radical (unpaired) electrons. The molecule has 0 aromatic heterocycles. The minimum atomic E-state index is -0.796. The molecular formula is C12H12ClNO2. The van der Waals surface area contributed by atoms with Crippen molar-refractivity contribution in [3.63, 3.8) is 0 Å². The molecular weight excluding hydrogens is 226 g/mol. The van der Waals surface area contributed by atoms with Crippen molar-refractivity contribution in [1.82, 2.24) is 0 Å². The minimum Gasteiger partial charge on any atom is -0.492 e.